The Kier molecular flexibility index (Phi) is 5.58. The van der Waals surface area contributed by atoms with E-state index < -0.39 is 0 Å². The van der Waals surface area contributed by atoms with Gasteiger partial charge in [-0.2, -0.15) is 5.10 Å². The topological polar surface area (TPSA) is 61.2 Å². The van der Waals surface area contributed by atoms with Crippen LogP contribution in [0.5, 0.6) is 11.5 Å². The van der Waals surface area contributed by atoms with E-state index >= 15 is 0 Å². The van der Waals surface area contributed by atoms with Crippen molar-refractivity contribution in [3.05, 3.63) is 52.5 Å². The number of thiazole rings is 1. The Balaban J connectivity index is 2.21. The molecule has 3 rings (SSSR count). The SMILES string of the molecule is CCN=c1scc(-c2cc(OC)ccc2OC)n1N=C(C)c1ccco1. The van der Waals surface area contributed by atoms with Crippen molar-refractivity contribution in [1.29, 1.82) is 0 Å². The Morgan fingerprint density at radius 2 is 2.08 bits per heavy atom. The highest BCUT2D eigenvalue weighted by atomic mass is 32.1. The van der Waals surface area contributed by atoms with Crippen molar-refractivity contribution in [2.24, 2.45) is 10.1 Å². The number of hydrogen-bond donors (Lipinski definition) is 0. The molecule has 0 amide bonds. The number of rotatable bonds is 6. The first-order chi connectivity index (χ1) is 12.7. The fourth-order valence-corrected chi connectivity index (χ4v) is 3.41. The summed E-state index contributed by atoms with van der Waals surface area (Å²) in [5.41, 5.74) is 2.52. The smallest absolute Gasteiger partial charge is 0.206 e. The highest BCUT2D eigenvalue weighted by molar-refractivity contribution is 7.07. The predicted octanol–water partition coefficient (Wildman–Crippen LogP) is 4.02. The Bertz CT molecular complexity index is 968. The molecule has 0 aliphatic rings. The van der Waals surface area contributed by atoms with Crippen LogP contribution in [0.2, 0.25) is 0 Å². The lowest BCUT2D eigenvalue weighted by Crippen LogP contribution is -2.14. The number of aromatic nitrogens is 1. The van der Waals surface area contributed by atoms with E-state index in [2.05, 4.69) is 4.99 Å². The molecule has 0 saturated carbocycles. The first-order valence-corrected chi connectivity index (χ1v) is 9.08. The molecule has 0 aliphatic carbocycles. The maximum atomic E-state index is 5.54. The zero-order chi connectivity index (χ0) is 18.5. The van der Waals surface area contributed by atoms with Crippen LogP contribution in [0, 0.1) is 0 Å². The van der Waals surface area contributed by atoms with Crippen molar-refractivity contribution < 1.29 is 13.9 Å². The fourth-order valence-electron chi connectivity index (χ4n) is 2.52. The second kappa shape index (κ2) is 8.05. The van der Waals surface area contributed by atoms with E-state index in [-0.39, 0.29) is 0 Å². The van der Waals surface area contributed by atoms with E-state index in [1.165, 1.54) is 11.3 Å². The zero-order valence-corrected chi connectivity index (χ0v) is 16.0. The van der Waals surface area contributed by atoms with Gasteiger partial charge in [0, 0.05) is 17.5 Å². The minimum atomic E-state index is 0.671. The third-order valence-corrected chi connectivity index (χ3v) is 4.64. The highest BCUT2D eigenvalue weighted by Crippen LogP contribution is 2.33. The molecular formula is C19H21N3O3S. The van der Waals surface area contributed by atoms with Crippen LogP contribution in [-0.4, -0.2) is 31.2 Å². The van der Waals surface area contributed by atoms with Gasteiger partial charge in [0.25, 0.3) is 0 Å². The molecule has 0 unspecified atom stereocenters. The van der Waals surface area contributed by atoms with E-state index in [9.17, 15) is 0 Å². The van der Waals surface area contributed by atoms with Crippen LogP contribution in [0.15, 0.2) is 56.5 Å². The van der Waals surface area contributed by atoms with Crippen LogP contribution in [-0.2, 0) is 0 Å². The van der Waals surface area contributed by atoms with Gasteiger partial charge in [0.05, 0.1) is 26.2 Å². The minimum Gasteiger partial charge on any atom is -0.497 e. The molecule has 3 aromatic rings. The summed E-state index contributed by atoms with van der Waals surface area (Å²) in [6, 6.07) is 9.42. The number of methoxy groups -OCH3 is 2. The predicted molar refractivity (Wildman–Crippen MR) is 103 cm³/mol. The van der Waals surface area contributed by atoms with Gasteiger partial charge in [-0.1, -0.05) is 0 Å². The van der Waals surface area contributed by atoms with Crippen molar-refractivity contribution in [2.45, 2.75) is 13.8 Å². The van der Waals surface area contributed by atoms with Gasteiger partial charge in [0.15, 0.2) is 0 Å². The van der Waals surface area contributed by atoms with E-state index in [0.717, 1.165) is 39.0 Å². The molecule has 0 aliphatic heterocycles. The fraction of sp³-hybridized carbons (Fsp3) is 0.263. The molecule has 0 spiro atoms. The molecule has 0 fully saturated rings. The maximum absolute atomic E-state index is 5.54. The first-order valence-electron chi connectivity index (χ1n) is 8.20. The maximum Gasteiger partial charge on any atom is 0.206 e. The second-order valence-corrected chi connectivity index (χ2v) is 6.26. The van der Waals surface area contributed by atoms with Gasteiger partial charge in [-0.05, 0) is 44.2 Å². The number of hydrogen-bond acceptors (Lipinski definition) is 6. The van der Waals surface area contributed by atoms with Crippen LogP contribution < -0.4 is 14.3 Å². The molecule has 26 heavy (non-hydrogen) atoms. The van der Waals surface area contributed by atoms with Crippen LogP contribution in [0.1, 0.15) is 19.6 Å². The molecule has 2 aromatic heterocycles. The Hall–Kier alpha value is -2.80. The average Bonchev–Trinajstić information content (AvgIpc) is 3.32. The zero-order valence-electron chi connectivity index (χ0n) is 15.2. The number of benzene rings is 1. The van der Waals surface area contributed by atoms with Gasteiger partial charge in [-0.25, -0.2) is 4.68 Å². The van der Waals surface area contributed by atoms with Gasteiger partial charge in [0.1, 0.15) is 23.0 Å². The van der Waals surface area contributed by atoms with Gasteiger partial charge >= 0.3 is 0 Å². The Labute approximate surface area is 156 Å². The molecule has 0 bridgehead atoms. The summed E-state index contributed by atoms with van der Waals surface area (Å²) in [5.74, 6) is 2.21. The summed E-state index contributed by atoms with van der Waals surface area (Å²) in [6.45, 7) is 4.58. The molecule has 0 radical (unpaired) electrons. The lowest BCUT2D eigenvalue weighted by Gasteiger charge is -2.11. The van der Waals surface area contributed by atoms with Crippen molar-refractivity contribution in [3.8, 4) is 22.8 Å². The van der Waals surface area contributed by atoms with E-state index in [4.69, 9.17) is 19.0 Å². The summed E-state index contributed by atoms with van der Waals surface area (Å²) >= 11 is 1.53. The van der Waals surface area contributed by atoms with Gasteiger partial charge in [-0.15, -0.1) is 11.3 Å². The highest BCUT2D eigenvalue weighted by Gasteiger charge is 2.15. The molecule has 1 aromatic carbocycles. The Morgan fingerprint density at radius 1 is 1.23 bits per heavy atom. The molecule has 2 heterocycles. The Morgan fingerprint density at radius 3 is 2.73 bits per heavy atom. The van der Waals surface area contributed by atoms with Crippen LogP contribution in [0.25, 0.3) is 11.3 Å². The lowest BCUT2D eigenvalue weighted by molar-refractivity contribution is 0.404. The van der Waals surface area contributed by atoms with Gasteiger partial charge < -0.3 is 13.9 Å². The van der Waals surface area contributed by atoms with Crippen molar-refractivity contribution in [3.63, 3.8) is 0 Å². The molecule has 0 N–H and O–H groups in total. The number of furan rings is 1. The van der Waals surface area contributed by atoms with Gasteiger partial charge in [0.2, 0.25) is 4.80 Å². The third-order valence-electron chi connectivity index (χ3n) is 3.79. The quantitative estimate of drug-likeness (QED) is 0.615. The third kappa shape index (κ3) is 3.57. The summed E-state index contributed by atoms with van der Waals surface area (Å²) in [7, 11) is 3.29. The standard InChI is InChI=1S/C19H21N3O3S/c1-5-20-19-22(21-13(2)17-7-6-10-25-17)16(12-26-19)15-11-14(23-3)8-9-18(15)24-4/h6-12H,5H2,1-4H3. The van der Waals surface area contributed by atoms with Crippen LogP contribution >= 0.6 is 11.3 Å². The largest absolute Gasteiger partial charge is 0.497 e. The molecule has 6 nitrogen and oxygen atoms in total. The molecule has 0 atom stereocenters. The van der Waals surface area contributed by atoms with Gasteiger partial charge in [-0.3, -0.25) is 4.99 Å². The first kappa shape index (κ1) is 18.0. The van der Waals surface area contributed by atoms with E-state index in [1.807, 2.05) is 54.2 Å². The average molecular weight is 371 g/mol. The van der Waals surface area contributed by atoms with Crippen molar-refractivity contribution >= 4 is 17.0 Å². The summed E-state index contributed by atoms with van der Waals surface area (Å²) in [6.07, 6.45) is 1.63. The molecule has 136 valence electrons. The molecule has 0 saturated heterocycles. The second-order valence-electron chi connectivity index (χ2n) is 5.42. The van der Waals surface area contributed by atoms with E-state index in [0.29, 0.717) is 6.54 Å². The molecular weight excluding hydrogens is 350 g/mol. The normalized spacial score (nSPS) is 12.5. The van der Waals surface area contributed by atoms with Crippen molar-refractivity contribution in [2.75, 3.05) is 20.8 Å². The van der Waals surface area contributed by atoms with Crippen LogP contribution in [0.4, 0.5) is 0 Å². The summed E-state index contributed by atoms with van der Waals surface area (Å²) in [4.78, 5) is 5.36. The van der Waals surface area contributed by atoms with Crippen molar-refractivity contribution in [1.82, 2.24) is 4.68 Å². The summed E-state index contributed by atoms with van der Waals surface area (Å²) in [5, 5.41) is 6.77. The monoisotopic (exact) mass is 371 g/mol. The molecule has 7 heteroatoms. The van der Waals surface area contributed by atoms with Crippen LogP contribution in [0.3, 0.4) is 0 Å². The number of nitrogens with zero attached hydrogens (tertiary/aromatic N) is 3. The minimum absolute atomic E-state index is 0.671. The van der Waals surface area contributed by atoms with E-state index in [1.54, 1.807) is 20.5 Å². The number of ether oxygens (including phenoxy) is 2. The summed E-state index contributed by atoms with van der Waals surface area (Å²) < 4.78 is 18.2. The lowest BCUT2D eigenvalue weighted by atomic mass is 10.1.